The van der Waals surface area contributed by atoms with Gasteiger partial charge in [0.05, 0.1) is 0 Å². The summed E-state index contributed by atoms with van der Waals surface area (Å²) in [7, 11) is -1.07. The molecule has 2 aliphatic carbocycles. The number of rotatable bonds is 4. The first-order chi connectivity index (χ1) is 12.0. The highest BCUT2D eigenvalue weighted by molar-refractivity contribution is 6.48. The molecular formula is C16H16BFO7. The van der Waals surface area contributed by atoms with Crippen LogP contribution in [0.2, 0.25) is 5.82 Å². The lowest BCUT2D eigenvalue weighted by atomic mass is 9.77. The van der Waals surface area contributed by atoms with Crippen LogP contribution in [0, 0.1) is 5.82 Å². The van der Waals surface area contributed by atoms with Crippen molar-refractivity contribution in [2.24, 2.45) is 0 Å². The Hall–Kier alpha value is -2.29. The second-order valence-electron chi connectivity index (χ2n) is 6.47. The third-order valence-electron chi connectivity index (χ3n) is 4.87. The first-order valence-corrected chi connectivity index (χ1v) is 8.22. The summed E-state index contributed by atoms with van der Waals surface area (Å²) in [6.07, 6.45) is 2.23. The Morgan fingerprint density at radius 2 is 2.12 bits per heavy atom. The molecule has 2 fully saturated rings. The van der Waals surface area contributed by atoms with E-state index in [1.54, 1.807) is 6.07 Å². The number of hydrogen-bond donors (Lipinski definition) is 1. The largest absolute Gasteiger partial charge is 0.535 e. The van der Waals surface area contributed by atoms with Crippen LogP contribution in [0.15, 0.2) is 12.1 Å². The van der Waals surface area contributed by atoms with Crippen LogP contribution in [-0.2, 0) is 14.2 Å². The van der Waals surface area contributed by atoms with Crippen LogP contribution in [0.3, 0.4) is 0 Å². The summed E-state index contributed by atoms with van der Waals surface area (Å²) in [5, 5.41) is 9.84. The average molecular weight is 350 g/mol. The summed E-state index contributed by atoms with van der Waals surface area (Å²) in [5.74, 6) is -1.83. The molecule has 4 rings (SSSR count). The molecule has 1 aromatic carbocycles. The van der Waals surface area contributed by atoms with Gasteiger partial charge in [-0.15, -0.1) is 0 Å². The fourth-order valence-electron chi connectivity index (χ4n) is 3.14. The zero-order valence-corrected chi connectivity index (χ0v) is 13.3. The molecule has 0 bridgehead atoms. The average Bonchev–Trinajstić information content (AvgIpc) is 3.32. The molecule has 3 aliphatic rings. The van der Waals surface area contributed by atoms with E-state index in [4.69, 9.17) is 14.1 Å². The van der Waals surface area contributed by atoms with E-state index in [9.17, 15) is 19.0 Å². The van der Waals surface area contributed by atoms with E-state index in [1.165, 1.54) is 0 Å². The summed E-state index contributed by atoms with van der Waals surface area (Å²) < 4.78 is 33.8. The second kappa shape index (κ2) is 6.22. The third-order valence-corrected chi connectivity index (χ3v) is 4.87. The topological polar surface area (TPSA) is 91.3 Å². The normalized spacial score (nSPS) is 23.5. The molecule has 132 valence electrons. The van der Waals surface area contributed by atoms with Gasteiger partial charge in [0.25, 0.3) is 0 Å². The maximum atomic E-state index is 14.1. The molecule has 7 nitrogen and oxygen atoms in total. The predicted octanol–water partition coefficient (Wildman–Crippen LogP) is 2.38. The summed E-state index contributed by atoms with van der Waals surface area (Å²) in [5.41, 5.74) is 0.270. The summed E-state index contributed by atoms with van der Waals surface area (Å²) in [6, 6.07) is 2.71. The van der Waals surface area contributed by atoms with Crippen molar-refractivity contribution in [3.05, 3.63) is 29.1 Å². The van der Waals surface area contributed by atoms with Crippen molar-refractivity contribution in [1.82, 2.24) is 0 Å². The highest BCUT2D eigenvalue weighted by atomic mass is 19.1. The molecular weight excluding hydrogens is 334 g/mol. The van der Waals surface area contributed by atoms with E-state index in [1.807, 2.05) is 0 Å². The van der Waals surface area contributed by atoms with E-state index < -0.39 is 37.4 Å². The second-order valence-corrected chi connectivity index (χ2v) is 6.47. The van der Waals surface area contributed by atoms with Gasteiger partial charge in [0, 0.05) is 5.82 Å². The molecule has 0 amide bonds. The van der Waals surface area contributed by atoms with Gasteiger partial charge in [-0.2, -0.15) is 0 Å². The zero-order valence-electron chi connectivity index (χ0n) is 13.3. The van der Waals surface area contributed by atoms with Gasteiger partial charge < -0.3 is 23.9 Å². The number of fused-ring (bicyclic) bond motifs is 3. The standard InChI is InChI=1S/C16H16BFO7/c18-12-5-4-9-10-6-11(10)17(21)25-14(9)13(12)15(19)22-7-23-16(20)24-8-2-1-3-8/h4-5,8,10-11,21H,1-3,6-7H2/t10-,11-/m1/s1. The van der Waals surface area contributed by atoms with Crippen molar-refractivity contribution in [3.63, 3.8) is 0 Å². The molecule has 0 saturated heterocycles. The van der Waals surface area contributed by atoms with E-state index in [0.29, 0.717) is 5.56 Å². The molecule has 25 heavy (non-hydrogen) atoms. The van der Waals surface area contributed by atoms with Gasteiger partial charge in [-0.25, -0.2) is 14.0 Å². The lowest BCUT2D eigenvalue weighted by Crippen LogP contribution is -2.28. The quantitative estimate of drug-likeness (QED) is 0.506. The van der Waals surface area contributed by atoms with Crippen molar-refractivity contribution in [1.29, 1.82) is 0 Å². The number of carbonyl (C=O) groups excluding carboxylic acids is 2. The van der Waals surface area contributed by atoms with Crippen molar-refractivity contribution in [2.75, 3.05) is 6.79 Å². The third kappa shape index (κ3) is 3.04. The fourth-order valence-corrected chi connectivity index (χ4v) is 3.14. The fraction of sp³-hybridized carbons (Fsp3) is 0.500. The van der Waals surface area contributed by atoms with Crippen LogP contribution >= 0.6 is 0 Å². The minimum absolute atomic E-state index is 0.00621. The zero-order chi connectivity index (χ0) is 17.6. The van der Waals surface area contributed by atoms with Gasteiger partial charge in [0.1, 0.15) is 23.2 Å². The highest BCUT2D eigenvalue weighted by Gasteiger charge is 2.54. The maximum Gasteiger partial charge on any atom is 0.526 e. The van der Waals surface area contributed by atoms with Crippen LogP contribution in [0.1, 0.15) is 47.5 Å². The number of benzene rings is 1. The minimum atomic E-state index is -1.07. The van der Waals surface area contributed by atoms with Crippen molar-refractivity contribution in [2.45, 2.75) is 43.5 Å². The number of carbonyl (C=O) groups is 2. The Labute approximate surface area is 143 Å². The Morgan fingerprint density at radius 3 is 2.84 bits per heavy atom. The summed E-state index contributed by atoms with van der Waals surface area (Å²) in [6.45, 7) is -0.692. The van der Waals surface area contributed by atoms with Gasteiger partial charge in [0.2, 0.25) is 6.79 Å². The Kier molecular flexibility index (Phi) is 4.03. The Bertz CT molecular complexity index is 721. The van der Waals surface area contributed by atoms with Gasteiger partial charge in [0.15, 0.2) is 0 Å². The van der Waals surface area contributed by atoms with Crippen molar-refractivity contribution >= 4 is 19.2 Å². The molecule has 0 spiro atoms. The minimum Gasteiger partial charge on any atom is -0.535 e. The number of hydrogen-bond acceptors (Lipinski definition) is 7. The highest BCUT2D eigenvalue weighted by Crippen LogP contribution is 2.60. The molecule has 2 atom stereocenters. The molecule has 1 aromatic rings. The number of esters is 1. The monoisotopic (exact) mass is 350 g/mol. The van der Waals surface area contributed by atoms with Crippen LogP contribution < -0.4 is 4.65 Å². The van der Waals surface area contributed by atoms with Crippen LogP contribution in [-0.4, -0.2) is 37.2 Å². The van der Waals surface area contributed by atoms with Crippen molar-refractivity contribution < 1.29 is 37.9 Å². The van der Waals surface area contributed by atoms with E-state index in [0.717, 1.165) is 31.7 Å². The van der Waals surface area contributed by atoms with Crippen LogP contribution in [0.5, 0.6) is 5.75 Å². The first kappa shape index (κ1) is 16.2. The molecule has 0 unspecified atom stereocenters. The summed E-state index contributed by atoms with van der Waals surface area (Å²) >= 11 is 0. The Balaban J connectivity index is 1.40. The number of ether oxygens (including phenoxy) is 3. The molecule has 0 aromatic heterocycles. The smallest absolute Gasteiger partial charge is 0.526 e. The predicted molar refractivity (Wildman–Crippen MR) is 81.6 cm³/mol. The molecule has 1 aliphatic heterocycles. The first-order valence-electron chi connectivity index (χ1n) is 8.22. The molecule has 9 heteroatoms. The van der Waals surface area contributed by atoms with Gasteiger partial charge in [-0.1, -0.05) is 6.07 Å². The Morgan fingerprint density at radius 1 is 1.32 bits per heavy atom. The van der Waals surface area contributed by atoms with E-state index in [2.05, 4.69) is 4.74 Å². The number of halogens is 1. The maximum absolute atomic E-state index is 14.1. The molecule has 1 heterocycles. The molecule has 2 saturated carbocycles. The molecule has 0 radical (unpaired) electrons. The van der Waals surface area contributed by atoms with E-state index in [-0.39, 0.29) is 23.6 Å². The van der Waals surface area contributed by atoms with E-state index >= 15 is 0 Å². The van der Waals surface area contributed by atoms with Crippen LogP contribution in [0.25, 0.3) is 0 Å². The van der Waals surface area contributed by atoms with Crippen molar-refractivity contribution in [3.8, 4) is 5.75 Å². The van der Waals surface area contributed by atoms with Gasteiger partial charge >= 0.3 is 19.2 Å². The summed E-state index contributed by atoms with van der Waals surface area (Å²) in [4.78, 5) is 23.6. The lowest BCUT2D eigenvalue weighted by Gasteiger charge is -2.24. The SMILES string of the molecule is O=C(OCOC(=O)c1c(F)ccc2c1OB(O)[C@@H]1C[C@H]21)OC1CCC1. The molecule has 1 N–H and O–H groups in total. The van der Waals surface area contributed by atoms with Gasteiger partial charge in [-0.3, -0.25) is 0 Å². The lowest BCUT2D eigenvalue weighted by molar-refractivity contribution is -0.0498. The van der Waals surface area contributed by atoms with Gasteiger partial charge in [-0.05, 0) is 43.2 Å². The van der Waals surface area contributed by atoms with Crippen LogP contribution in [0.4, 0.5) is 9.18 Å².